The number of hydrogen-bond acceptors (Lipinski definition) is 11. The molecule has 0 aromatic carbocycles. The van der Waals surface area contributed by atoms with E-state index in [2.05, 4.69) is 25.2 Å². The third kappa shape index (κ3) is 17.0. The smallest absolute Gasteiger partial charge is 0.393 e. The summed E-state index contributed by atoms with van der Waals surface area (Å²) in [5.74, 6) is -0.614. The van der Waals surface area contributed by atoms with Crippen LogP contribution in [0.3, 0.4) is 0 Å². The van der Waals surface area contributed by atoms with Crippen LogP contribution < -0.4 is 5.32 Å². The summed E-state index contributed by atoms with van der Waals surface area (Å²) in [6.07, 6.45) is 5.07. The highest BCUT2D eigenvalue weighted by molar-refractivity contribution is 7.47. The molecular formula is C31H58NO12P. The monoisotopic (exact) mass is 667 g/mol. The van der Waals surface area contributed by atoms with Gasteiger partial charge in [-0.05, 0) is 25.7 Å². The number of hydrogen-bond donors (Lipinski definition) is 9. The number of aliphatic hydroxyl groups excluding tert-OH is 7. The molecule has 8 atom stereocenters. The molecule has 0 spiro atoms. The molecule has 1 saturated carbocycles. The van der Waals surface area contributed by atoms with E-state index in [0.29, 0.717) is 12.8 Å². The van der Waals surface area contributed by atoms with Gasteiger partial charge in [0.2, 0.25) is 5.91 Å². The Morgan fingerprint density at radius 3 is 1.93 bits per heavy atom. The topological polar surface area (TPSA) is 226 Å². The molecule has 0 bridgehead atoms. The molecule has 14 heteroatoms. The van der Waals surface area contributed by atoms with Crippen LogP contribution in [0.2, 0.25) is 0 Å². The van der Waals surface area contributed by atoms with Gasteiger partial charge >= 0.3 is 7.82 Å². The molecule has 9 N–H and O–H groups in total. The maximum absolute atomic E-state index is 12.7. The SMILES string of the molecule is CCCC/C=C/CC/C=C/C(O)C(COP(=O)(O)OC1C(O)C(O)C(O)C(O)C1O)NC(=O)CC(O)CCCCCCCCC. The van der Waals surface area contributed by atoms with Crippen molar-refractivity contribution >= 4 is 13.7 Å². The number of phosphoric ester groups is 1. The molecule has 0 aromatic heterocycles. The number of nitrogens with one attached hydrogen (secondary N) is 1. The molecule has 0 radical (unpaired) electrons. The minimum atomic E-state index is -5.12. The highest BCUT2D eigenvalue weighted by atomic mass is 31.2. The van der Waals surface area contributed by atoms with Gasteiger partial charge in [-0.15, -0.1) is 0 Å². The van der Waals surface area contributed by atoms with Crippen LogP contribution in [0.5, 0.6) is 0 Å². The van der Waals surface area contributed by atoms with Crippen LogP contribution >= 0.6 is 7.82 Å². The van der Waals surface area contributed by atoms with Crippen molar-refractivity contribution in [3.63, 3.8) is 0 Å². The Balaban J connectivity index is 2.79. The maximum atomic E-state index is 12.7. The first-order valence-electron chi connectivity index (χ1n) is 16.4. The molecule has 8 unspecified atom stereocenters. The van der Waals surface area contributed by atoms with E-state index in [1.165, 1.54) is 18.9 Å². The molecule has 0 heterocycles. The summed E-state index contributed by atoms with van der Waals surface area (Å²) in [5.41, 5.74) is 0. The predicted molar refractivity (Wildman–Crippen MR) is 169 cm³/mol. The first-order chi connectivity index (χ1) is 21.3. The van der Waals surface area contributed by atoms with Crippen LogP contribution in [0.25, 0.3) is 0 Å². The van der Waals surface area contributed by atoms with Crippen LogP contribution in [-0.2, 0) is 18.4 Å². The first kappa shape index (κ1) is 41.8. The summed E-state index contributed by atoms with van der Waals surface area (Å²) in [6, 6.07) is -1.25. The highest BCUT2D eigenvalue weighted by Crippen LogP contribution is 2.47. The van der Waals surface area contributed by atoms with Crippen molar-refractivity contribution < 1.29 is 59.0 Å². The average molecular weight is 668 g/mol. The summed E-state index contributed by atoms with van der Waals surface area (Å²) in [7, 11) is -5.12. The van der Waals surface area contributed by atoms with Crippen molar-refractivity contribution in [2.75, 3.05) is 6.61 Å². The minimum Gasteiger partial charge on any atom is -0.393 e. The lowest BCUT2D eigenvalue weighted by molar-refractivity contribution is -0.220. The minimum absolute atomic E-state index is 0.253. The molecule has 0 aliphatic heterocycles. The summed E-state index contributed by atoms with van der Waals surface area (Å²) in [6.45, 7) is 3.51. The lowest BCUT2D eigenvalue weighted by atomic mass is 9.85. The number of allylic oxidation sites excluding steroid dienone is 3. The number of aliphatic hydroxyl groups is 7. The van der Waals surface area contributed by atoms with E-state index >= 15 is 0 Å². The summed E-state index contributed by atoms with van der Waals surface area (Å²) < 4.78 is 22.5. The molecule has 0 aromatic rings. The van der Waals surface area contributed by atoms with Crippen molar-refractivity contribution in [1.82, 2.24) is 5.32 Å². The molecule has 1 fully saturated rings. The fourth-order valence-corrected chi connectivity index (χ4v) is 5.91. The van der Waals surface area contributed by atoms with Crippen molar-refractivity contribution in [2.24, 2.45) is 0 Å². The van der Waals surface area contributed by atoms with Gasteiger partial charge in [0, 0.05) is 0 Å². The number of carbonyl (C=O) groups excluding carboxylic acids is 1. The Morgan fingerprint density at radius 2 is 1.31 bits per heavy atom. The summed E-state index contributed by atoms with van der Waals surface area (Å²) in [4.78, 5) is 23.0. The van der Waals surface area contributed by atoms with E-state index < -0.39 is 75.2 Å². The van der Waals surface area contributed by atoms with Gasteiger partial charge in [-0.2, -0.15) is 0 Å². The van der Waals surface area contributed by atoms with Gasteiger partial charge in [-0.25, -0.2) is 4.57 Å². The number of amides is 1. The van der Waals surface area contributed by atoms with Crippen molar-refractivity contribution in [2.45, 2.75) is 159 Å². The van der Waals surface area contributed by atoms with Crippen LogP contribution in [-0.4, -0.2) is 108 Å². The van der Waals surface area contributed by atoms with Crippen LogP contribution in [0.4, 0.5) is 0 Å². The van der Waals surface area contributed by atoms with E-state index in [9.17, 15) is 50.0 Å². The molecule has 1 aliphatic rings. The van der Waals surface area contributed by atoms with E-state index in [1.54, 1.807) is 6.08 Å². The lowest BCUT2D eigenvalue weighted by Crippen LogP contribution is -2.64. The second kappa shape index (κ2) is 23.2. The largest absolute Gasteiger partial charge is 0.472 e. The zero-order valence-electron chi connectivity index (χ0n) is 26.8. The average Bonchev–Trinajstić information content (AvgIpc) is 3.00. The standard InChI is InChI=1S/C31H58NO12P/c1-3-5-7-9-11-13-15-17-19-24(34)23(32-25(35)20-22(33)18-16-14-12-10-8-6-4-2)21-43-45(41,42)44-31-29(39)27(37)26(36)28(38)30(31)40/h9,11,17,19,22-24,26-31,33-34,36-40H,3-8,10,12-16,18,20-21H2,1-2H3,(H,32,35)(H,41,42)/b11-9+,19-17+. The number of carbonyl (C=O) groups is 1. The molecule has 1 amide bonds. The third-order valence-electron chi connectivity index (χ3n) is 7.79. The number of phosphoric acid groups is 1. The zero-order chi connectivity index (χ0) is 33.8. The lowest BCUT2D eigenvalue weighted by Gasteiger charge is -2.41. The maximum Gasteiger partial charge on any atom is 0.472 e. The van der Waals surface area contributed by atoms with E-state index in [4.69, 9.17) is 9.05 Å². The van der Waals surface area contributed by atoms with Crippen molar-refractivity contribution in [3.05, 3.63) is 24.3 Å². The van der Waals surface area contributed by atoms with Crippen LogP contribution in [0, 0.1) is 0 Å². The van der Waals surface area contributed by atoms with Gasteiger partial charge in [-0.1, -0.05) is 95.9 Å². The molecule has 264 valence electrons. The molecule has 13 nitrogen and oxygen atoms in total. The zero-order valence-corrected chi connectivity index (χ0v) is 27.7. The second-order valence-electron chi connectivity index (χ2n) is 11.8. The van der Waals surface area contributed by atoms with E-state index in [-0.39, 0.29) is 6.42 Å². The molecule has 45 heavy (non-hydrogen) atoms. The molecule has 0 saturated heterocycles. The van der Waals surface area contributed by atoms with E-state index in [0.717, 1.165) is 57.8 Å². The van der Waals surface area contributed by atoms with Crippen LogP contribution in [0.15, 0.2) is 24.3 Å². The van der Waals surface area contributed by atoms with Crippen LogP contribution in [0.1, 0.15) is 104 Å². The van der Waals surface area contributed by atoms with Gasteiger partial charge in [0.25, 0.3) is 0 Å². The molecule has 1 aliphatic carbocycles. The fraction of sp³-hybridized carbons (Fsp3) is 0.839. The predicted octanol–water partition coefficient (Wildman–Crippen LogP) is 2.13. The van der Waals surface area contributed by atoms with Gasteiger partial charge in [0.05, 0.1) is 31.3 Å². The first-order valence-corrected chi connectivity index (χ1v) is 17.9. The van der Waals surface area contributed by atoms with Gasteiger partial charge in [0.1, 0.15) is 36.6 Å². The van der Waals surface area contributed by atoms with Gasteiger partial charge in [-0.3, -0.25) is 13.8 Å². The van der Waals surface area contributed by atoms with Crippen molar-refractivity contribution in [1.29, 1.82) is 0 Å². The highest BCUT2D eigenvalue weighted by Gasteiger charge is 2.51. The molecular weight excluding hydrogens is 609 g/mol. The fourth-order valence-electron chi connectivity index (χ4n) is 4.94. The Hall–Kier alpha value is -1.22. The van der Waals surface area contributed by atoms with Crippen molar-refractivity contribution in [3.8, 4) is 0 Å². The third-order valence-corrected chi connectivity index (χ3v) is 8.78. The Labute approximate surface area is 267 Å². The number of unbranched alkanes of at least 4 members (excludes halogenated alkanes) is 9. The van der Waals surface area contributed by atoms with Gasteiger partial charge < -0.3 is 46.0 Å². The summed E-state index contributed by atoms with van der Waals surface area (Å²) in [5, 5.41) is 73.4. The Bertz CT molecular complexity index is 890. The normalized spacial score (nSPS) is 27.4. The summed E-state index contributed by atoms with van der Waals surface area (Å²) >= 11 is 0. The number of rotatable bonds is 24. The quantitative estimate of drug-likeness (QED) is 0.0410. The Morgan fingerprint density at radius 1 is 0.778 bits per heavy atom. The Kier molecular flexibility index (Phi) is 21.5. The van der Waals surface area contributed by atoms with Gasteiger partial charge in [0.15, 0.2) is 0 Å². The second-order valence-corrected chi connectivity index (χ2v) is 13.2. The van der Waals surface area contributed by atoms with E-state index in [1.807, 2.05) is 6.08 Å². The molecule has 1 rings (SSSR count).